The van der Waals surface area contributed by atoms with Gasteiger partial charge in [-0.25, -0.2) is 0 Å². The second-order valence-electron chi connectivity index (χ2n) is 6.48. The molecule has 0 amide bonds. The van der Waals surface area contributed by atoms with E-state index >= 15 is 0 Å². The van der Waals surface area contributed by atoms with Gasteiger partial charge in [0.05, 0.1) is 0 Å². The molecule has 2 aliphatic carbocycles. The van der Waals surface area contributed by atoms with Crippen LogP contribution in [-0.2, 0) is 6.42 Å². The third kappa shape index (κ3) is 3.16. The molecule has 1 heterocycles. The molecule has 1 aromatic heterocycles. The fraction of sp³-hybridized carbons (Fsp3) is 0.867. The maximum atomic E-state index is 6.45. The molecule has 2 aliphatic rings. The first-order valence-electron chi connectivity index (χ1n) is 7.87. The lowest BCUT2D eigenvalue weighted by molar-refractivity contribution is 0.260. The molecule has 2 N–H and O–H groups in total. The van der Waals surface area contributed by atoms with Crippen LogP contribution in [0.1, 0.15) is 81.8 Å². The molecule has 0 aromatic carbocycles. The van der Waals surface area contributed by atoms with Crippen LogP contribution < -0.4 is 5.73 Å². The summed E-state index contributed by atoms with van der Waals surface area (Å²) in [4.78, 5) is 4.62. The van der Waals surface area contributed by atoms with Crippen LogP contribution in [0.5, 0.6) is 0 Å². The summed E-state index contributed by atoms with van der Waals surface area (Å²) in [6, 6.07) is 0. The van der Waals surface area contributed by atoms with E-state index < -0.39 is 0 Å². The van der Waals surface area contributed by atoms with E-state index in [9.17, 15) is 0 Å². The molecule has 106 valence electrons. The van der Waals surface area contributed by atoms with E-state index in [2.05, 4.69) is 10.1 Å². The molecule has 2 saturated carbocycles. The van der Waals surface area contributed by atoms with Crippen molar-refractivity contribution in [3.8, 4) is 0 Å². The minimum Gasteiger partial charge on any atom is -0.339 e. The fourth-order valence-corrected chi connectivity index (χ4v) is 3.60. The molecule has 0 bridgehead atoms. The Kier molecular flexibility index (Phi) is 3.87. The molecule has 0 saturated heterocycles. The molecule has 0 aliphatic heterocycles. The van der Waals surface area contributed by atoms with Gasteiger partial charge in [-0.2, -0.15) is 4.98 Å². The van der Waals surface area contributed by atoms with Crippen molar-refractivity contribution < 1.29 is 4.52 Å². The van der Waals surface area contributed by atoms with Crippen molar-refractivity contribution in [2.24, 2.45) is 5.73 Å². The summed E-state index contributed by atoms with van der Waals surface area (Å²) in [7, 11) is 0. The van der Waals surface area contributed by atoms with Gasteiger partial charge in [-0.15, -0.1) is 0 Å². The first-order valence-corrected chi connectivity index (χ1v) is 7.87. The van der Waals surface area contributed by atoms with Gasteiger partial charge in [-0.1, -0.05) is 43.7 Å². The van der Waals surface area contributed by atoms with Gasteiger partial charge in [0, 0.05) is 17.9 Å². The molecule has 4 nitrogen and oxygen atoms in total. The summed E-state index contributed by atoms with van der Waals surface area (Å²) in [6.07, 6.45) is 13.1. The van der Waals surface area contributed by atoms with Crippen molar-refractivity contribution in [2.75, 3.05) is 0 Å². The third-order valence-corrected chi connectivity index (χ3v) is 4.81. The van der Waals surface area contributed by atoms with Crippen LogP contribution in [-0.4, -0.2) is 15.7 Å². The first-order chi connectivity index (χ1) is 9.25. The van der Waals surface area contributed by atoms with Gasteiger partial charge in [0.25, 0.3) is 0 Å². The summed E-state index contributed by atoms with van der Waals surface area (Å²) in [6.45, 7) is 0. The molecule has 4 heteroatoms. The molecule has 0 atom stereocenters. The number of hydrogen-bond donors (Lipinski definition) is 1. The summed E-state index contributed by atoms with van der Waals surface area (Å²) in [5, 5.41) is 4.19. The largest absolute Gasteiger partial charge is 0.339 e. The summed E-state index contributed by atoms with van der Waals surface area (Å²) >= 11 is 0. The Morgan fingerprint density at radius 2 is 1.74 bits per heavy atom. The highest BCUT2D eigenvalue weighted by molar-refractivity contribution is 5.01. The lowest BCUT2D eigenvalue weighted by atomic mass is 9.80. The topological polar surface area (TPSA) is 64.9 Å². The average Bonchev–Trinajstić information content (AvgIpc) is 2.88. The zero-order chi connectivity index (χ0) is 13.1. The van der Waals surface area contributed by atoms with Gasteiger partial charge in [0.2, 0.25) is 5.89 Å². The highest BCUT2D eigenvalue weighted by atomic mass is 16.5. The smallest absolute Gasteiger partial charge is 0.228 e. The number of nitrogens with zero attached hydrogens (tertiary/aromatic N) is 2. The highest BCUT2D eigenvalue weighted by Gasteiger charge is 2.30. The molecule has 1 aromatic rings. The van der Waals surface area contributed by atoms with Crippen molar-refractivity contribution in [2.45, 2.75) is 82.1 Å². The zero-order valence-electron chi connectivity index (χ0n) is 11.7. The lowest BCUT2D eigenvalue weighted by Crippen LogP contribution is -2.43. The SMILES string of the molecule is NC1(Cc2nc(C3CCCCC3)no2)CCCCC1. The molecule has 2 fully saturated rings. The van der Waals surface area contributed by atoms with Crippen molar-refractivity contribution in [1.29, 1.82) is 0 Å². The van der Waals surface area contributed by atoms with Crippen molar-refractivity contribution in [3.05, 3.63) is 11.7 Å². The Morgan fingerprint density at radius 1 is 1.05 bits per heavy atom. The van der Waals surface area contributed by atoms with Gasteiger partial charge < -0.3 is 10.3 Å². The normalized spacial score (nSPS) is 24.5. The lowest BCUT2D eigenvalue weighted by Gasteiger charge is -2.31. The first kappa shape index (κ1) is 13.1. The monoisotopic (exact) mass is 263 g/mol. The van der Waals surface area contributed by atoms with E-state index in [1.807, 2.05) is 0 Å². The molecule has 19 heavy (non-hydrogen) atoms. The zero-order valence-corrected chi connectivity index (χ0v) is 11.7. The van der Waals surface area contributed by atoms with Gasteiger partial charge in [-0.3, -0.25) is 0 Å². The van der Waals surface area contributed by atoms with Crippen LogP contribution in [0.2, 0.25) is 0 Å². The van der Waals surface area contributed by atoms with Gasteiger partial charge in [0.15, 0.2) is 5.82 Å². The minimum absolute atomic E-state index is 0.103. The quantitative estimate of drug-likeness (QED) is 0.908. The maximum absolute atomic E-state index is 6.45. The fourth-order valence-electron chi connectivity index (χ4n) is 3.60. The predicted molar refractivity (Wildman–Crippen MR) is 73.8 cm³/mol. The van der Waals surface area contributed by atoms with Crippen LogP contribution in [0.4, 0.5) is 0 Å². The average molecular weight is 263 g/mol. The summed E-state index contributed by atoms with van der Waals surface area (Å²) < 4.78 is 5.44. The predicted octanol–water partition coefficient (Wildman–Crippen LogP) is 3.32. The molecule has 0 unspecified atom stereocenters. The van der Waals surface area contributed by atoms with E-state index in [0.29, 0.717) is 5.92 Å². The summed E-state index contributed by atoms with van der Waals surface area (Å²) in [5.41, 5.74) is 6.35. The molecular formula is C15H25N3O. The Labute approximate surface area is 115 Å². The number of aromatic nitrogens is 2. The van der Waals surface area contributed by atoms with E-state index in [0.717, 1.165) is 31.0 Å². The van der Waals surface area contributed by atoms with Crippen LogP contribution in [0.25, 0.3) is 0 Å². The van der Waals surface area contributed by atoms with Gasteiger partial charge in [0.1, 0.15) is 0 Å². The number of nitrogens with two attached hydrogens (primary N) is 1. The van der Waals surface area contributed by atoms with Crippen LogP contribution in [0.15, 0.2) is 4.52 Å². The molecule has 0 radical (unpaired) electrons. The summed E-state index contributed by atoms with van der Waals surface area (Å²) in [5.74, 6) is 2.20. The van der Waals surface area contributed by atoms with Crippen LogP contribution in [0, 0.1) is 0 Å². The highest BCUT2D eigenvalue weighted by Crippen LogP contribution is 2.32. The molecule has 3 rings (SSSR count). The molecule has 0 spiro atoms. The molecular weight excluding hydrogens is 238 g/mol. The van der Waals surface area contributed by atoms with Gasteiger partial charge in [-0.05, 0) is 25.7 Å². The Morgan fingerprint density at radius 3 is 2.47 bits per heavy atom. The van der Waals surface area contributed by atoms with E-state index in [1.54, 1.807) is 0 Å². The van der Waals surface area contributed by atoms with E-state index in [4.69, 9.17) is 10.3 Å². The second kappa shape index (κ2) is 5.61. The van der Waals surface area contributed by atoms with Crippen LogP contribution in [0.3, 0.4) is 0 Å². The standard InChI is InChI=1S/C15H25N3O/c16-15(9-5-2-6-10-15)11-13-17-14(18-19-13)12-7-3-1-4-8-12/h12H,1-11,16H2. The van der Waals surface area contributed by atoms with Crippen molar-refractivity contribution >= 4 is 0 Å². The Hall–Kier alpha value is -0.900. The van der Waals surface area contributed by atoms with Gasteiger partial charge >= 0.3 is 0 Å². The maximum Gasteiger partial charge on any atom is 0.228 e. The second-order valence-corrected chi connectivity index (χ2v) is 6.48. The minimum atomic E-state index is -0.103. The van der Waals surface area contributed by atoms with Crippen molar-refractivity contribution in [1.82, 2.24) is 10.1 Å². The van der Waals surface area contributed by atoms with E-state index in [1.165, 1.54) is 51.4 Å². The Balaban J connectivity index is 1.63. The number of hydrogen-bond acceptors (Lipinski definition) is 4. The third-order valence-electron chi connectivity index (χ3n) is 4.81. The van der Waals surface area contributed by atoms with E-state index in [-0.39, 0.29) is 5.54 Å². The number of rotatable bonds is 3. The van der Waals surface area contributed by atoms with Crippen LogP contribution >= 0.6 is 0 Å². The van der Waals surface area contributed by atoms with Crippen molar-refractivity contribution in [3.63, 3.8) is 0 Å². The Bertz CT molecular complexity index is 403.